The third-order valence-electron chi connectivity index (χ3n) is 23.8. The summed E-state index contributed by atoms with van der Waals surface area (Å²) in [5, 5.41) is 41.6. The minimum atomic E-state index is -4.64. The number of phenols is 2. The van der Waals surface area contributed by atoms with Crippen LogP contribution in [0.4, 0.5) is 18.0 Å². The van der Waals surface area contributed by atoms with E-state index in [0.717, 1.165) is 40.7 Å². The zero-order valence-corrected chi connectivity index (χ0v) is 80.5. The Morgan fingerprint density at radius 2 is 0.949 bits per heavy atom. The van der Waals surface area contributed by atoms with Crippen LogP contribution in [0.2, 0.25) is 10.0 Å². The number of benzene rings is 8. The molecule has 4 heterocycles. The van der Waals surface area contributed by atoms with E-state index in [1.807, 2.05) is 76.2 Å². The van der Waals surface area contributed by atoms with Crippen molar-refractivity contribution < 1.29 is 115 Å². The van der Waals surface area contributed by atoms with Gasteiger partial charge in [-0.1, -0.05) is 200 Å². The lowest BCUT2D eigenvalue weighted by Gasteiger charge is -2.32. The topological polar surface area (TPSA) is 412 Å². The van der Waals surface area contributed by atoms with Crippen molar-refractivity contribution in [2.75, 3.05) is 33.9 Å². The summed E-state index contributed by atoms with van der Waals surface area (Å²) < 4.78 is 53.6. The molecule has 4 aliphatic rings. The third kappa shape index (κ3) is 31.5. The van der Waals surface area contributed by atoms with E-state index in [-0.39, 0.29) is 116 Å². The molecule has 0 spiro atoms. The number of carboxylic acid groups (broad SMARTS) is 1. The number of aromatic hydroxyl groups is 2. The van der Waals surface area contributed by atoms with Crippen LogP contribution < -0.4 is 26.4 Å². The maximum atomic E-state index is 14.8. The molecule has 8 aromatic rings. The minimum Gasteiger partial charge on any atom is -0.507 e. The maximum absolute atomic E-state index is 14.8. The van der Waals surface area contributed by atoms with Gasteiger partial charge >= 0.3 is 18.3 Å². The Balaban J connectivity index is 0.000000291. The van der Waals surface area contributed by atoms with Gasteiger partial charge in [0, 0.05) is 127 Å². The number of halogens is 5. The zero-order valence-electron chi connectivity index (χ0n) is 79.0. The second kappa shape index (κ2) is 50.1. The number of rotatable bonds is 28. The number of ketones is 7. The van der Waals surface area contributed by atoms with Gasteiger partial charge in [0.05, 0.1) is 19.3 Å². The Morgan fingerprint density at radius 3 is 1.37 bits per heavy atom. The summed E-state index contributed by atoms with van der Waals surface area (Å²) in [4.78, 5) is 188. The lowest BCUT2D eigenvalue weighted by molar-refractivity contribution is -0.168. The standard InChI is InChI=1S/C49H55ClN2O9.C47H51ClN4O9.C6H10O2.C3H3F3O.CH4/c1-8-9-10-11-36(28-41(53)34-16-14-32(15-17-34)33-18-21-37(50)22-19-33)46(56)52(7)44-35-20-23-43(60-48(59)61-49(4,5)6)39(27-35)38-25-31(13-12-29(38)2)26-40(47(57)58)51-45(55)30(3)24-42(44)54;1-26-20-41(56)43(52(3)47(60)33(6-4-5-19-49)24-40(55)31-10-8-29(9-11-31)30-12-15-34(48)16-13-30)32-14-18-39(54)36(23-32)35-21-28(7-17-38(35)53)22-37(51-45(26)58)46(59)50-27(2)44(57)42-25-61-42;1-4(2)6(7)5-3-8-5;1-2(7)3(4,5)6;/h12-23,25,27,30,36,40,44H,8-11,24,26,28H2,1-7H3,(H,51,55)(H,57,58);7-18,21,23,26-27,33,37,42-43,53-54H,4-6,19-20,22,24-25,49H2,1-3H3,(H,50,59)(H,51,58);4-5H,3H2,1-2H3;1H3;1H4/t30-,36-,40+,44+;26-,27+,33-,37+,42?,43+;;;/m11.../s1. The van der Waals surface area contributed by atoms with E-state index in [0.29, 0.717) is 107 Å². The van der Waals surface area contributed by atoms with Crippen LogP contribution in [0.25, 0.3) is 44.5 Å². The molecule has 8 bridgehead atoms. The quantitative estimate of drug-likeness (QED) is 0.00787. The first-order valence-corrected chi connectivity index (χ1v) is 46.3. The first kappa shape index (κ1) is 111. The number of carbonyl (C=O) groups excluding carboxylic acids is 13. The van der Waals surface area contributed by atoms with Gasteiger partial charge in [-0.15, -0.1) is 0 Å². The van der Waals surface area contributed by atoms with Crippen LogP contribution in [-0.4, -0.2) is 183 Å². The molecule has 0 radical (unpaired) electrons. The molecule has 0 aromatic heterocycles. The van der Waals surface area contributed by atoms with Crippen molar-refractivity contribution in [3.63, 3.8) is 0 Å². The average Bonchev–Trinajstić information content (AvgIpc) is 1.47. The molecule has 11 atom stereocenters. The zero-order chi connectivity index (χ0) is 101. The van der Waals surface area contributed by atoms with Gasteiger partial charge in [-0.25, -0.2) is 9.59 Å². The van der Waals surface area contributed by atoms with Gasteiger partial charge in [-0.2, -0.15) is 13.2 Å². The number of aliphatic carboxylic acids is 1. The second-order valence-corrected chi connectivity index (χ2v) is 37.2. The summed E-state index contributed by atoms with van der Waals surface area (Å²) in [6.45, 7) is 19.2. The van der Waals surface area contributed by atoms with E-state index in [4.69, 9.17) is 47.9 Å². The smallest absolute Gasteiger partial charge is 0.507 e. The van der Waals surface area contributed by atoms with Gasteiger partial charge in [0.2, 0.25) is 35.3 Å². The number of nitrogens with zero attached hydrogens (tertiary/aromatic N) is 2. The monoisotopic (exact) mass is 1940 g/mol. The van der Waals surface area contributed by atoms with Crippen molar-refractivity contribution in [3.8, 4) is 61.8 Å². The number of unbranched alkanes of at least 4 members (excludes halogenated alkanes) is 3. The number of phenolic OH excluding ortho intramolecular Hbond substituents is 2. The largest absolute Gasteiger partial charge is 0.514 e. The number of aryl methyl sites for hydroxylation is 1. The van der Waals surface area contributed by atoms with E-state index < -0.39 is 131 Å². The predicted molar refractivity (Wildman–Crippen MR) is 517 cm³/mol. The van der Waals surface area contributed by atoms with Crippen molar-refractivity contribution in [1.82, 2.24) is 25.8 Å². The number of nitrogens with two attached hydrogens (primary N) is 1. The van der Waals surface area contributed by atoms with E-state index in [1.54, 1.807) is 112 Å². The molecule has 8 aromatic carbocycles. The number of Topliss-reactive ketones (excluding diaryl/α,β-unsaturated/α-hetero) is 7. The summed E-state index contributed by atoms with van der Waals surface area (Å²) in [5.41, 5.74) is 13.3. The lowest BCUT2D eigenvalue weighted by atomic mass is 9.87. The van der Waals surface area contributed by atoms with Gasteiger partial charge < -0.3 is 65.8 Å². The molecule has 138 heavy (non-hydrogen) atoms. The van der Waals surface area contributed by atoms with Crippen LogP contribution in [0.1, 0.15) is 208 Å². The highest BCUT2D eigenvalue weighted by Gasteiger charge is 2.42. The Bertz CT molecular complexity index is 5720. The number of carbonyl (C=O) groups is 14. The number of likely N-dealkylation sites (N-methyl/N-ethyl adjacent to an activating group) is 2. The normalized spacial score (nSPS) is 18.5. The number of hydrogen-bond acceptors (Lipinski definition) is 21. The molecule has 0 aliphatic carbocycles. The molecular formula is C106H123Cl2F3N6O21. The summed E-state index contributed by atoms with van der Waals surface area (Å²) >= 11 is 12.1. The molecule has 0 saturated carbocycles. The molecule has 2 saturated heterocycles. The highest BCUT2D eigenvalue weighted by molar-refractivity contribution is 6.31. The number of ether oxygens (including phenoxy) is 4. The molecule has 4 aliphatic heterocycles. The summed E-state index contributed by atoms with van der Waals surface area (Å²) in [5.74, 6) is -11.0. The van der Waals surface area contributed by atoms with Crippen molar-refractivity contribution >= 4 is 105 Å². The first-order valence-electron chi connectivity index (χ1n) is 45.5. The maximum Gasteiger partial charge on any atom is 0.514 e. The van der Waals surface area contributed by atoms with E-state index in [2.05, 4.69) is 16.0 Å². The van der Waals surface area contributed by atoms with Crippen LogP contribution in [0.5, 0.6) is 17.2 Å². The summed E-state index contributed by atoms with van der Waals surface area (Å²) in [6, 6.07) is 42.1. The fourth-order valence-electron chi connectivity index (χ4n) is 15.9. The van der Waals surface area contributed by atoms with E-state index in [9.17, 15) is 95.6 Å². The van der Waals surface area contributed by atoms with Gasteiger partial charge in [0.15, 0.2) is 34.7 Å². The van der Waals surface area contributed by atoms with Gasteiger partial charge in [-0.05, 0) is 177 Å². The molecule has 32 heteroatoms. The molecule has 8 N–H and O–H groups in total. The van der Waals surface area contributed by atoms with Crippen molar-refractivity contribution in [2.24, 2.45) is 35.3 Å². The molecule has 738 valence electrons. The Hall–Kier alpha value is -12.6. The van der Waals surface area contributed by atoms with Crippen molar-refractivity contribution in [2.45, 2.75) is 221 Å². The first-order chi connectivity index (χ1) is 64.6. The van der Waals surface area contributed by atoms with Crippen LogP contribution in [0.15, 0.2) is 170 Å². The highest BCUT2D eigenvalue weighted by atomic mass is 35.5. The fourth-order valence-corrected chi connectivity index (χ4v) is 16.1. The summed E-state index contributed by atoms with van der Waals surface area (Å²) in [6.07, 6.45) is -2.96. The Kier molecular flexibility index (Phi) is 40.2. The molecule has 12 rings (SSSR count). The van der Waals surface area contributed by atoms with Crippen molar-refractivity contribution in [3.05, 3.63) is 219 Å². The third-order valence-corrected chi connectivity index (χ3v) is 24.4. The fraction of sp³-hybridized carbons (Fsp3) is 0.415. The number of nitrogens with one attached hydrogen (secondary N) is 3. The van der Waals surface area contributed by atoms with Crippen molar-refractivity contribution in [1.29, 1.82) is 0 Å². The number of amides is 5. The molecular weight excluding hydrogens is 1820 g/mol. The predicted octanol–water partition coefficient (Wildman–Crippen LogP) is 18.1. The van der Waals surface area contributed by atoms with Crippen LogP contribution >= 0.6 is 23.2 Å². The van der Waals surface area contributed by atoms with Crippen LogP contribution in [-0.2, 0) is 79.8 Å². The lowest BCUT2D eigenvalue weighted by Crippen LogP contribution is -2.53. The molecule has 5 amide bonds. The van der Waals surface area contributed by atoms with Crippen LogP contribution in [0, 0.1) is 36.5 Å². The van der Waals surface area contributed by atoms with Gasteiger partial charge in [0.25, 0.3) is 0 Å². The van der Waals surface area contributed by atoms with Crippen LogP contribution in [0.3, 0.4) is 0 Å². The number of alkyl halides is 3. The SMILES string of the molecule is C.CC(=O)C(F)(F)F.CC(C)C(=O)C1CO1.CCCCC[C@H](CC(=O)c1ccc(-c2ccc(Cl)cc2)cc1)C(=O)N(C)[C@@H]1C(=O)C[C@@H](C)C(=O)N[C@H](C(=O)O)Cc2ccc(C)c(c2)-c2cc1ccc2OC(=O)OC(C)(C)C.C[C@@H]1CC(=O)[C@@H](N(C)C(=O)[C@H](CCCCN)CC(=O)c2ccc(-c3ccc(Cl)cc3)cc2)c2ccc(O)c(c2)-c2cc(ccc2O)C[C@@H](C(=O)N[C@@H](C)C(=O)C2CO2)NC1=O. The molecule has 27 nitrogen and oxygen atoms in total. The summed E-state index contributed by atoms with van der Waals surface area (Å²) in [7, 11) is 2.99. The van der Waals surface area contributed by atoms with Gasteiger partial charge in [0.1, 0.15) is 59.2 Å². The number of hydrogen-bond donors (Lipinski definition) is 7. The number of epoxide rings is 2. The molecule has 2 fully saturated rings. The van der Waals surface area contributed by atoms with Gasteiger partial charge in [-0.3, -0.25) is 57.5 Å². The van der Waals surface area contributed by atoms with E-state index >= 15 is 0 Å². The average molecular weight is 1950 g/mol. The molecule has 2 unspecified atom stereocenters. The number of carboxylic acids is 1. The number of fused-ring (bicyclic) bond motifs is 10. The minimum absolute atomic E-state index is 0. The highest BCUT2D eigenvalue weighted by Crippen LogP contribution is 2.43. The van der Waals surface area contributed by atoms with E-state index in [1.165, 1.54) is 75.0 Å². The second-order valence-electron chi connectivity index (χ2n) is 36.3. The Labute approximate surface area is 812 Å². The Morgan fingerprint density at radius 1 is 0.551 bits per heavy atom.